The van der Waals surface area contributed by atoms with Gasteiger partial charge in [0, 0.05) is 47.8 Å². The van der Waals surface area contributed by atoms with E-state index in [9.17, 15) is 8.91 Å². The van der Waals surface area contributed by atoms with Gasteiger partial charge in [-0.15, -0.1) is 0 Å². The summed E-state index contributed by atoms with van der Waals surface area (Å²) >= 11 is 0. The van der Waals surface area contributed by atoms with Gasteiger partial charge in [-0.2, -0.15) is 0 Å². The Morgan fingerprint density at radius 3 is 2.83 bits per heavy atom. The number of methoxy groups -OCH3 is 2. The summed E-state index contributed by atoms with van der Waals surface area (Å²) in [5.74, 6) is -9.68. The second-order valence-corrected chi connectivity index (χ2v) is 7.63. The first-order chi connectivity index (χ1) is 20.4. The molecule has 1 saturated heterocycles. The van der Waals surface area contributed by atoms with Crippen molar-refractivity contribution >= 4 is 5.97 Å². The number of ether oxygens (including phenoxy) is 3. The number of nitrogens with two attached hydrogens (primary N) is 1. The molecule has 0 aromatic heterocycles. The summed E-state index contributed by atoms with van der Waals surface area (Å²) in [6.45, 7) is -7.49. The van der Waals surface area contributed by atoms with E-state index < -0.39 is 81.9 Å². The highest BCUT2D eigenvalue weighted by atomic mass is 16.5. The van der Waals surface area contributed by atoms with Crippen molar-refractivity contribution < 1.29 is 40.9 Å². The van der Waals surface area contributed by atoms with Crippen LogP contribution < -0.4 is 15.2 Å². The Morgan fingerprint density at radius 1 is 1.40 bits per heavy atom. The van der Waals surface area contributed by atoms with Crippen molar-refractivity contribution in [1.29, 1.82) is 0 Å². The highest BCUT2D eigenvalue weighted by Crippen LogP contribution is 2.44. The quantitative estimate of drug-likeness (QED) is 0.662. The molecular weight excluding hydrogens is 380 g/mol. The zero-order valence-corrected chi connectivity index (χ0v) is 17.2. The molecular formula is C24H38N2O4. The van der Waals surface area contributed by atoms with Crippen LogP contribution in [0, 0.1) is 17.7 Å². The molecule has 168 valence electrons. The lowest BCUT2D eigenvalue weighted by Gasteiger charge is -2.47. The predicted molar refractivity (Wildman–Crippen MR) is 118 cm³/mol. The van der Waals surface area contributed by atoms with E-state index in [1.807, 2.05) is 0 Å². The molecule has 3 rings (SSSR count). The SMILES string of the molecule is [2H]C([2H])([2H])Oc1cc2c(cc1OC)CCN1C2C([2H])([2H])C(OC(=O)[C@@]([2H])(N)C([2H])(C([2H])([2H])[2H])C([2H])([2H])[2H])C([2H])(CC(C)C)C1([2H])[2H]. The van der Waals surface area contributed by atoms with E-state index in [2.05, 4.69) is 0 Å². The molecule has 0 spiro atoms. The van der Waals surface area contributed by atoms with Gasteiger partial charge in [0.05, 0.1) is 19.6 Å². The molecule has 2 N–H and O–H groups in total. The maximum atomic E-state index is 13.6. The third kappa shape index (κ3) is 4.75. The number of hydrogen-bond donors (Lipinski definition) is 1. The fraction of sp³-hybridized carbons (Fsp3) is 0.708. The van der Waals surface area contributed by atoms with Crippen LogP contribution in [0.25, 0.3) is 0 Å². The van der Waals surface area contributed by atoms with Gasteiger partial charge in [-0.05, 0) is 47.9 Å². The molecule has 4 atom stereocenters. The van der Waals surface area contributed by atoms with E-state index in [0.717, 1.165) is 11.0 Å². The third-order valence-electron chi connectivity index (χ3n) is 5.02. The van der Waals surface area contributed by atoms with Gasteiger partial charge in [0.1, 0.15) is 12.1 Å². The summed E-state index contributed by atoms with van der Waals surface area (Å²) in [5.41, 5.74) is 6.11. The van der Waals surface area contributed by atoms with Crippen LogP contribution in [0.2, 0.25) is 0 Å². The lowest BCUT2D eigenvalue weighted by atomic mass is 9.79. The lowest BCUT2D eigenvalue weighted by molar-refractivity contribution is -0.160. The Morgan fingerprint density at radius 2 is 2.17 bits per heavy atom. The van der Waals surface area contributed by atoms with Crippen LogP contribution >= 0.6 is 0 Å². The van der Waals surface area contributed by atoms with Crippen molar-refractivity contribution in [1.82, 2.24) is 4.90 Å². The summed E-state index contributed by atoms with van der Waals surface area (Å²) in [6.07, 6.45) is -5.76. The second kappa shape index (κ2) is 9.56. The van der Waals surface area contributed by atoms with Gasteiger partial charge in [-0.25, -0.2) is 0 Å². The number of hydrogen-bond acceptors (Lipinski definition) is 6. The van der Waals surface area contributed by atoms with Crippen molar-refractivity contribution in [3.05, 3.63) is 23.3 Å². The molecule has 3 unspecified atom stereocenters. The molecule has 6 heteroatoms. The Labute approximate surface area is 203 Å². The van der Waals surface area contributed by atoms with Gasteiger partial charge in [0.25, 0.3) is 0 Å². The van der Waals surface area contributed by atoms with Gasteiger partial charge in [0.2, 0.25) is 0 Å². The van der Waals surface area contributed by atoms with Crippen LogP contribution in [-0.4, -0.2) is 50.2 Å². The van der Waals surface area contributed by atoms with E-state index in [1.54, 1.807) is 13.8 Å². The number of benzene rings is 1. The highest BCUT2D eigenvalue weighted by molar-refractivity contribution is 5.76. The number of fused-ring (bicyclic) bond motifs is 3. The smallest absolute Gasteiger partial charge is 0.323 e. The molecule has 6 nitrogen and oxygen atoms in total. The fourth-order valence-electron chi connectivity index (χ4n) is 3.62. The van der Waals surface area contributed by atoms with Crippen LogP contribution in [0.4, 0.5) is 0 Å². The van der Waals surface area contributed by atoms with Crippen molar-refractivity contribution in [2.75, 3.05) is 27.2 Å². The zero-order valence-electron chi connectivity index (χ0n) is 33.2. The minimum absolute atomic E-state index is 0.0106. The zero-order chi connectivity index (χ0) is 35.9. The minimum Gasteiger partial charge on any atom is -0.493 e. The third-order valence-corrected chi connectivity index (χ3v) is 5.02. The maximum Gasteiger partial charge on any atom is 0.323 e. The summed E-state index contributed by atoms with van der Waals surface area (Å²) in [7, 11) is -1.71. The van der Waals surface area contributed by atoms with E-state index in [4.69, 9.17) is 37.8 Å². The molecule has 1 fully saturated rings. The normalized spacial score (nSPS) is 41.2. The van der Waals surface area contributed by atoms with Crippen LogP contribution in [0.5, 0.6) is 11.5 Å². The van der Waals surface area contributed by atoms with Crippen LogP contribution in [-0.2, 0) is 16.0 Å². The monoisotopic (exact) mass is 434 g/mol. The predicted octanol–water partition coefficient (Wildman–Crippen LogP) is 3.56. The van der Waals surface area contributed by atoms with Gasteiger partial charge >= 0.3 is 5.97 Å². The summed E-state index contributed by atoms with van der Waals surface area (Å²) in [6, 6.07) is -3.03. The van der Waals surface area contributed by atoms with Gasteiger partial charge in [0.15, 0.2) is 11.5 Å². The van der Waals surface area contributed by atoms with Crippen LogP contribution in [0.1, 0.15) is 79.4 Å². The first-order valence-electron chi connectivity index (χ1n) is 17.6. The first-order valence-corrected chi connectivity index (χ1v) is 9.58. The lowest BCUT2D eigenvalue weighted by Crippen LogP contribution is -2.51. The number of nitrogens with zero attached hydrogens (tertiary/aromatic N) is 1. The molecule has 2 heterocycles. The van der Waals surface area contributed by atoms with Gasteiger partial charge in [-0.3, -0.25) is 9.69 Å². The highest BCUT2D eigenvalue weighted by Gasteiger charge is 2.41. The topological polar surface area (TPSA) is 74.0 Å². The molecule has 1 aromatic rings. The number of carbonyl (C=O) groups excluding carboxylic acids is 1. The van der Waals surface area contributed by atoms with Gasteiger partial charge < -0.3 is 19.9 Å². The maximum absolute atomic E-state index is 13.6. The van der Waals surface area contributed by atoms with E-state index in [0.29, 0.717) is 5.56 Å². The minimum atomic E-state index is -3.99. The second-order valence-electron chi connectivity index (χ2n) is 7.63. The number of piperidine rings is 1. The van der Waals surface area contributed by atoms with E-state index >= 15 is 0 Å². The first kappa shape index (κ1) is 9.78. The number of esters is 1. The standard InChI is InChI=1S/C24H38N2O4/c1-14(2)9-17-13-26-8-7-16-10-21(28-5)22(29-6)11-18(16)19(26)12-20(17)30-24(27)23(25)15(3)4/h10-11,14-15,17,19-20,23H,7-9,12-13,25H2,1-6H3/t17?,19?,20?,23-/m0/s1/i3D3,4D3,6D3,12D2,13D2,15D,17D,23D. The summed E-state index contributed by atoms with van der Waals surface area (Å²) < 4.78 is 147. The summed E-state index contributed by atoms with van der Waals surface area (Å²) in [4.78, 5) is 14.7. The van der Waals surface area contributed by atoms with Crippen molar-refractivity contribution in [3.8, 4) is 11.5 Å². The molecule has 30 heavy (non-hydrogen) atoms. The molecule has 0 radical (unpaired) electrons. The van der Waals surface area contributed by atoms with E-state index in [1.165, 1.54) is 13.2 Å². The Kier molecular flexibility index (Phi) is 3.12. The van der Waals surface area contributed by atoms with Crippen molar-refractivity contribution in [2.24, 2.45) is 23.4 Å². The molecule has 1 aromatic carbocycles. The molecule has 0 aliphatic carbocycles. The Bertz CT molecular complexity index is 1310. The molecule has 2 aliphatic heterocycles. The number of carbonyl (C=O) groups is 1. The Hall–Kier alpha value is -1.79. The molecule has 0 saturated carbocycles. The van der Waals surface area contributed by atoms with Crippen LogP contribution in [0.3, 0.4) is 0 Å². The average Bonchev–Trinajstić information content (AvgIpc) is 2.86. The molecule has 0 bridgehead atoms. The summed E-state index contributed by atoms with van der Waals surface area (Å²) in [5, 5.41) is 0. The van der Waals surface area contributed by atoms with Gasteiger partial charge in [-0.1, -0.05) is 27.6 Å². The fourth-order valence-corrected chi connectivity index (χ4v) is 3.62. The average molecular weight is 435 g/mol. The largest absolute Gasteiger partial charge is 0.493 e. The molecule has 2 aliphatic rings. The van der Waals surface area contributed by atoms with Crippen molar-refractivity contribution in [2.45, 2.75) is 64.9 Å². The molecule has 0 amide bonds. The van der Waals surface area contributed by atoms with E-state index in [-0.39, 0.29) is 30.0 Å². The Balaban J connectivity index is 2.30. The van der Waals surface area contributed by atoms with Crippen LogP contribution in [0.15, 0.2) is 12.1 Å². The van der Waals surface area contributed by atoms with Crippen molar-refractivity contribution in [3.63, 3.8) is 0 Å². The number of rotatable bonds is 7.